The molecule has 0 aliphatic carbocycles. The minimum absolute atomic E-state index is 0.320. The molecule has 1 saturated heterocycles. The standard InChI is InChI=1S/C13H17ClN4S/c1-8-5-10-11(16-13(14)17-12(10)19-8)15-6-9-3-4-18(2)7-9/h5,9H,3-4,6-7H2,1-2H3,(H,15,16,17). The summed E-state index contributed by atoms with van der Waals surface area (Å²) in [7, 11) is 2.17. The van der Waals surface area contributed by atoms with E-state index in [1.54, 1.807) is 11.3 Å². The normalized spacial score (nSPS) is 20.3. The zero-order valence-electron chi connectivity index (χ0n) is 11.1. The molecule has 0 saturated carbocycles. The number of thiophene rings is 1. The van der Waals surface area contributed by atoms with Crippen molar-refractivity contribution in [3.63, 3.8) is 0 Å². The number of aromatic nitrogens is 2. The van der Waals surface area contributed by atoms with Gasteiger partial charge in [0.25, 0.3) is 0 Å². The van der Waals surface area contributed by atoms with E-state index in [0.29, 0.717) is 11.2 Å². The quantitative estimate of drug-likeness (QED) is 0.884. The second kappa shape index (κ2) is 5.23. The summed E-state index contributed by atoms with van der Waals surface area (Å²) in [6.07, 6.45) is 1.24. The van der Waals surface area contributed by atoms with E-state index < -0.39 is 0 Å². The topological polar surface area (TPSA) is 41.0 Å². The van der Waals surface area contributed by atoms with Crippen LogP contribution in [0.4, 0.5) is 5.82 Å². The van der Waals surface area contributed by atoms with Crippen LogP contribution in [-0.4, -0.2) is 41.5 Å². The third-order valence-corrected chi connectivity index (χ3v) is 4.65. The van der Waals surface area contributed by atoms with Gasteiger partial charge in [-0.25, -0.2) is 9.97 Å². The summed E-state index contributed by atoms with van der Waals surface area (Å²) in [5, 5.41) is 4.85. The highest BCUT2D eigenvalue weighted by atomic mass is 35.5. The number of likely N-dealkylation sites (tertiary alicyclic amines) is 1. The fourth-order valence-corrected chi connectivity index (χ4v) is 3.68. The molecule has 3 heterocycles. The Bertz CT molecular complexity index is 598. The van der Waals surface area contributed by atoms with Crippen LogP contribution in [0.2, 0.25) is 5.28 Å². The molecule has 0 spiro atoms. The number of aryl methyl sites for hydroxylation is 1. The maximum atomic E-state index is 5.99. The van der Waals surface area contributed by atoms with Crippen molar-refractivity contribution in [2.45, 2.75) is 13.3 Å². The lowest BCUT2D eigenvalue weighted by Crippen LogP contribution is -2.19. The first kappa shape index (κ1) is 13.1. The number of nitrogens with one attached hydrogen (secondary N) is 1. The van der Waals surface area contributed by atoms with Crippen molar-refractivity contribution >= 4 is 39.0 Å². The van der Waals surface area contributed by atoms with Crippen LogP contribution in [-0.2, 0) is 0 Å². The van der Waals surface area contributed by atoms with E-state index in [1.165, 1.54) is 17.8 Å². The van der Waals surface area contributed by atoms with Gasteiger partial charge in [-0.15, -0.1) is 11.3 Å². The van der Waals surface area contributed by atoms with Gasteiger partial charge in [-0.05, 0) is 50.5 Å². The minimum atomic E-state index is 0.320. The van der Waals surface area contributed by atoms with Gasteiger partial charge in [0.05, 0.1) is 5.39 Å². The Morgan fingerprint density at radius 2 is 2.37 bits per heavy atom. The summed E-state index contributed by atoms with van der Waals surface area (Å²) in [4.78, 5) is 13.2. The number of nitrogens with zero attached hydrogens (tertiary/aromatic N) is 3. The molecule has 19 heavy (non-hydrogen) atoms. The molecular weight excluding hydrogens is 280 g/mol. The Morgan fingerprint density at radius 3 is 3.11 bits per heavy atom. The summed E-state index contributed by atoms with van der Waals surface area (Å²) >= 11 is 7.64. The van der Waals surface area contributed by atoms with E-state index in [9.17, 15) is 0 Å². The number of rotatable bonds is 3. The van der Waals surface area contributed by atoms with Gasteiger partial charge < -0.3 is 10.2 Å². The van der Waals surface area contributed by atoms with Gasteiger partial charge in [0.1, 0.15) is 10.6 Å². The molecule has 0 bridgehead atoms. The first-order valence-electron chi connectivity index (χ1n) is 6.48. The second-order valence-electron chi connectivity index (χ2n) is 5.21. The molecule has 2 aromatic rings. The Morgan fingerprint density at radius 1 is 1.53 bits per heavy atom. The summed E-state index contributed by atoms with van der Waals surface area (Å²) in [6.45, 7) is 5.36. The lowest BCUT2D eigenvalue weighted by molar-refractivity contribution is 0.399. The van der Waals surface area contributed by atoms with E-state index in [-0.39, 0.29) is 0 Å². The monoisotopic (exact) mass is 296 g/mol. The molecule has 2 aromatic heterocycles. The third kappa shape index (κ3) is 2.83. The van der Waals surface area contributed by atoms with Crippen LogP contribution in [0.5, 0.6) is 0 Å². The van der Waals surface area contributed by atoms with Crippen LogP contribution in [0, 0.1) is 12.8 Å². The Labute approximate surface area is 121 Å². The number of hydrogen-bond acceptors (Lipinski definition) is 5. The number of fused-ring (bicyclic) bond motifs is 1. The molecule has 6 heteroatoms. The molecule has 0 radical (unpaired) electrons. The average Bonchev–Trinajstić information content (AvgIpc) is 2.91. The van der Waals surface area contributed by atoms with Gasteiger partial charge in [0.2, 0.25) is 5.28 Å². The van der Waals surface area contributed by atoms with Crippen molar-refractivity contribution in [3.8, 4) is 0 Å². The lowest BCUT2D eigenvalue weighted by atomic mass is 10.1. The van der Waals surface area contributed by atoms with Crippen molar-refractivity contribution in [1.29, 1.82) is 0 Å². The highest BCUT2D eigenvalue weighted by Crippen LogP contribution is 2.29. The van der Waals surface area contributed by atoms with Gasteiger partial charge >= 0.3 is 0 Å². The zero-order chi connectivity index (χ0) is 13.4. The molecule has 1 aliphatic heterocycles. The highest BCUT2D eigenvalue weighted by Gasteiger charge is 2.19. The van der Waals surface area contributed by atoms with Crippen LogP contribution < -0.4 is 5.32 Å². The number of anilines is 1. The predicted octanol–water partition coefficient (Wildman–Crippen LogP) is 3.02. The number of hydrogen-bond donors (Lipinski definition) is 1. The van der Waals surface area contributed by atoms with E-state index in [2.05, 4.69) is 40.2 Å². The number of halogens is 1. The van der Waals surface area contributed by atoms with Gasteiger partial charge in [0.15, 0.2) is 0 Å². The maximum absolute atomic E-state index is 5.99. The van der Waals surface area contributed by atoms with Gasteiger partial charge in [-0.3, -0.25) is 0 Å². The predicted molar refractivity (Wildman–Crippen MR) is 81.3 cm³/mol. The van der Waals surface area contributed by atoms with Crippen LogP contribution in [0.15, 0.2) is 6.07 Å². The first-order valence-corrected chi connectivity index (χ1v) is 7.67. The highest BCUT2D eigenvalue weighted by molar-refractivity contribution is 7.18. The zero-order valence-corrected chi connectivity index (χ0v) is 12.7. The molecule has 1 fully saturated rings. The average molecular weight is 297 g/mol. The summed E-state index contributed by atoms with van der Waals surface area (Å²) in [5.74, 6) is 1.56. The summed E-state index contributed by atoms with van der Waals surface area (Å²) in [5.41, 5.74) is 0. The maximum Gasteiger partial charge on any atom is 0.225 e. The Kier molecular flexibility index (Phi) is 3.60. The van der Waals surface area contributed by atoms with Crippen molar-refractivity contribution < 1.29 is 0 Å². The Hall–Kier alpha value is -0.910. The first-order chi connectivity index (χ1) is 9.11. The van der Waals surface area contributed by atoms with Crippen molar-refractivity contribution in [2.75, 3.05) is 32.0 Å². The van der Waals surface area contributed by atoms with E-state index in [0.717, 1.165) is 29.1 Å². The van der Waals surface area contributed by atoms with Crippen LogP contribution >= 0.6 is 22.9 Å². The lowest BCUT2D eigenvalue weighted by Gasteiger charge is -2.12. The van der Waals surface area contributed by atoms with Crippen molar-refractivity contribution in [3.05, 3.63) is 16.2 Å². The molecule has 1 atom stereocenters. The SMILES string of the molecule is Cc1cc2c(NCC3CCN(C)C3)nc(Cl)nc2s1. The third-order valence-electron chi connectivity index (χ3n) is 3.54. The molecular formula is C13H17ClN4S. The van der Waals surface area contributed by atoms with Gasteiger partial charge in [-0.1, -0.05) is 0 Å². The molecule has 4 nitrogen and oxygen atoms in total. The minimum Gasteiger partial charge on any atom is -0.369 e. The van der Waals surface area contributed by atoms with Gasteiger partial charge in [-0.2, -0.15) is 0 Å². The summed E-state index contributed by atoms with van der Waals surface area (Å²) in [6, 6.07) is 2.12. The molecule has 1 unspecified atom stereocenters. The summed E-state index contributed by atoms with van der Waals surface area (Å²) < 4.78 is 0. The molecule has 1 aliphatic rings. The molecule has 0 aromatic carbocycles. The van der Waals surface area contributed by atoms with Gasteiger partial charge in [0, 0.05) is 18.0 Å². The van der Waals surface area contributed by atoms with E-state index in [1.807, 2.05) is 0 Å². The molecule has 1 N–H and O–H groups in total. The Balaban J connectivity index is 1.80. The van der Waals surface area contributed by atoms with Crippen molar-refractivity contribution in [2.24, 2.45) is 5.92 Å². The fourth-order valence-electron chi connectivity index (χ4n) is 2.58. The van der Waals surface area contributed by atoms with E-state index in [4.69, 9.17) is 11.6 Å². The second-order valence-corrected chi connectivity index (χ2v) is 6.79. The van der Waals surface area contributed by atoms with Crippen LogP contribution in [0.3, 0.4) is 0 Å². The smallest absolute Gasteiger partial charge is 0.225 e. The fraction of sp³-hybridized carbons (Fsp3) is 0.538. The molecule has 3 rings (SSSR count). The largest absolute Gasteiger partial charge is 0.369 e. The van der Waals surface area contributed by atoms with Crippen molar-refractivity contribution in [1.82, 2.24) is 14.9 Å². The molecule has 102 valence electrons. The molecule has 0 amide bonds. The van der Waals surface area contributed by atoms with E-state index >= 15 is 0 Å². The van der Waals surface area contributed by atoms with Crippen LogP contribution in [0.25, 0.3) is 10.2 Å². The van der Waals surface area contributed by atoms with Crippen LogP contribution in [0.1, 0.15) is 11.3 Å².